The third-order valence-electron chi connectivity index (χ3n) is 4.27. The first-order chi connectivity index (χ1) is 12.3. The van der Waals surface area contributed by atoms with E-state index in [4.69, 9.17) is 16.2 Å². The Morgan fingerprint density at radius 2 is 2.08 bits per heavy atom. The van der Waals surface area contributed by atoms with Crippen LogP contribution in [0.3, 0.4) is 0 Å². The number of nitrogen functional groups attached to an aromatic ring is 1. The summed E-state index contributed by atoms with van der Waals surface area (Å²) in [7, 11) is 0. The van der Waals surface area contributed by atoms with Gasteiger partial charge in [0.1, 0.15) is 11.9 Å². The van der Waals surface area contributed by atoms with Crippen LogP contribution in [0, 0.1) is 11.3 Å². The predicted octanol–water partition coefficient (Wildman–Crippen LogP) is 0.859. The fourth-order valence-electron chi connectivity index (χ4n) is 2.87. The van der Waals surface area contributed by atoms with Crippen molar-refractivity contribution in [3.63, 3.8) is 0 Å². The first-order valence-corrected chi connectivity index (χ1v) is 8.22. The number of benzene rings is 1. The number of nitrogens with one attached hydrogen (secondary N) is 2. The zero-order valence-corrected chi connectivity index (χ0v) is 14.3. The van der Waals surface area contributed by atoms with Gasteiger partial charge in [0.2, 0.25) is 11.8 Å². The van der Waals surface area contributed by atoms with Crippen molar-refractivity contribution in [2.45, 2.75) is 25.3 Å². The maximum Gasteiger partial charge on any atom is 0.326 e. The van der Waals surface area contributed by atoms with Crippen LogP contribution in [0.1, 0.15) is 24.8 Å². The standard InChI is InChI=1S/C18H22N4O4/c1-2-3-14(18(25)26)21-15(23)10-12-8-9-22(17(12)24)13-6-4-11(5-7-13)16(19)20/h2,4-7,12,14H,1,3,8-10H2,(H3,19,20)(H,21,23)(H,25,26). The van der Waals surface area contributed by atoms with E-state index >= 15 is 0 Å². The van der Waals surface area contributed by atoms with Crippen molar-refractivity contribution in [2.75, 3.05) is 11.4 Å². The van der Waals surface area contributed by atoms with Crippen LogP contribution in [-0.2, 0) is 14.4 Å². The molecule has 1 aliphatic rings. The topological polar surface area (TPSA) is 137 Å². The summed E-state index contributed by atoms with van der Waals surface area (Å²) in [4.78, 5) is 37.3. The molecule has 5 N–H and O–H groups in total. The number of amides is 2. The maximum atomic E-state index is 12.6. The molecule has 1 heterocycles. The lowest BCUT2D eigenvalue weighted by Crippen LogP contribution is -2.41. The number of nitrogens with zero attached hydrogens (tertiary/aromatic N) is 1. The molecule has 1 aromatic carbocycles. The molecule has 2 amide bonds. The molecule has 2 atom stereocenters. The first kappa shape index (κ1) is 19.2. The summed E-state index contributed by atoms with van der Waals surface area (Å²) < 4.78 is 0. The molecule has 8 nitrogen and oxygen atoms in total. The minimum Gasteiger partial charge on any atom is -0.480 e. The van der Waals surface area contributed by atoms with Crippen molar-refractivity contribution in [3.05, 3.63) is 42.5 Å². The van der Waals surface area contributed by atoms with Gasteiger partial charge in [0.15, 0.2) is 0 Å². The van der Waals surface area contributed by atoms with E-state index in [9.17, 15) is 14.4 Å². The average molecular weight is 358 g/mol. The minimum absolute atomic E-state index is 0.0497. The van der Waals surface area contributed by atoms with Gasteiger partial charge >= 0.3 is 5.97 Å². The molecular weight excluding hydrogens is 336 g/mol. The number of hydrogen-bond donors (Lipinski definition) is 4. The van der Waals surface area contributed by atoms with Gasteiger partial charge in [0.25, 0.3) is 0 Å². The Kier molecular flexibility index (Phi) is 6.11. The molecule has 2 unspecified atom stereocenters. The van der Waals surface area contributed by atoms with Crippen molar-refractivity contribution in [2.24, 2.45) is 11.7 Å². The molecule has 0 bridgehead atoms. The number of carboxylic acid groups (broad SMARTS) is 1. The zero-order valence-electron chi connectivity index (χ0n) is 14.3. The van der Waals surface area contributed by atoms with Gasteiger partial charge < -0.3 is 21.1 Å². The van der Waals surface area contributed by atoms with Gasteiger partial charge in [0, 0.05) is 30.1 Å². The molecule has 2 rings (SSSR count). The van der Waals surface area contributed by atoms with E-state index in [1.165, 1.54) is 6.08 Å². The number of anilines is 1. The van der Waals surface area contributed by atoms with Crippen molar-refractivity contribution < 1.29 is 19.5 Å². The second-order valence-electron chi connectivity index (χ2n) is 6.12. The smallest absolute Gasteiger partial charge is 0.326 e. The van der Waals surface area contributed by atoms with E-state index in [-0.39, 0.29) is 24.6 Å². The molecule has 1 fully saturated rings. The van der Waals surface area contributed by atoms with E-state index < -0.39 is 23.8 Å². The summed E-state index contributed by atoms with van der Waals surface area (Å²) in [5.41, 5.74) is 6.66. The highest BCUT2D eigenvalue weighted by atomic mass is 16.4. The minimum atomic E-state index is -1.14. The second-order valence-corrected chi connectivity index (χ2v) is 6.12. The quantitative estimate of drug-likeness (QED) is 0.310. The van der Waals surface area contributed by atoms with Crippen LogP contribution in [0.4, 0.5) is 5.69 Å². The van der Waals surface area contributed by atoms with Crippen LogP contribution < -0.4 is 16.0 Å². The Hall–Kier alpha value is -3.16. The number of amidine groups is 1. The molecule has 1 saturated heterocycles. The summed E-state index contributed by atoms with van der Waals surface area (Å²) in [6, 6.07) is 5.71. The molecular formula is C18H22N4O4. The Balaban J connectivity index is 1.97. The average Bonchev–Trinajstić information content (AvgIpc) is 2.95. The Bertz CT molecular complexity index is 729. The van der Waals surface area contributed by atoms with Crippen molar-refractivity contribution in [3.8, 4) is 0 Å². The molecule has 0 saturated carbocycles. The van der Waals surface area contributed by atoms with Crippen LogP contribution >= 0.6 is 0 Å². The molecule has 8 heteroatoms. The lowest BCUT2D eigenvalue weighted by atomic mass is 10.0. The Morgan fingerprint density at radius 1 is 1.42 bits per heavy atom. The third kappa shape index (κ3) is 4.47. The van der Waals surface area contributed by atoms with E-state index in [2.05, 4.69) is 11.9 Å². The van der Waals surface area contributed by atoms with Gasteiger partial charge in [-0.05, 0) is 37.1 Å². The van der Waals surface area contributed by atoms with Gasteiger partial charge in [-0.25, -0.2) is 4.79 Å². The summed E-state index contributed by atoms with van der Waals surface area (Å²) in [5, 5.41) is 18.9. The van der Waals surface area contributed by atoms with Crippen LogP contribution in [0.15, 0.2) is 36.9 Å². The number of carbonyl (C=O) groups is 3. The Morgan fingerprint density at radius 3 is 2.62 bits per heavy atom. The Labute approximate surface area is 151 Å². The number of aliphatic carboxylic acids is 1. The molecule has 0 radical (unpaired) electrons. The molecule has 26 heavy (non-hydrogen) atoms. The highest BCUT2D eigenvalue weighted by Gasteiger charge is 2.34. The number of nitrogens with two attached hydrogens (primary N) is 1. The molecule has 0 spiro atoms. The van der Waals surface area contributed by atoms with Gasteiger partial charge in [-0.3, -0.25) is 15.0 Å². The highest BCUT2D eigenvalue weighted by molar-refractivity contribution is 6.00. The van der Waals surface area contributed by atoms with Gasteiger partial charge in [0.05, 0.1) is 0 Å². The van der Waals surface area contributed by atoms with E-state index in [0.717, 1.165) is 0 Å². The van der Waals surface area contributed by atoms with E-state index in [1.54, 1.807) is 29.2 Å². The first-order valence-electron chi connectivity index (χ1n) is 8.22. The van der Waals surface area contributed by atoms with Crippen LogP contribution in [0.2, 0.25) is 0 Å². The van der Waals surface area contributed by atoms with Crippen LogP contribution in [-0.4, -0.2) is 41.3 Å². The third-order valence-corrected chi connectivity index (χ3v) is 4.27. The lowest BCUT2D eigenvalue weighted by molar-refractivity contribution is -0.141. The normalized spacial score (nSPS) is 17.6. The van der Waals surface area contributed by atoms with Crippen LogP contribution in [0.25, 0.3) is 0 Å². The van der Waals surface area contributed by atoms with Gasteiger partial charge in [-0.2, -0.15) is 0 Å². The zero-order chi connectivity index (χ0) is 19.3. The fraction of sp³-hybridized carbons (Fsp3) is 0.333. The number of rotatable bonds is 8. The van der Waals surface area contributed by atoms with Crippen molar-refractivity contribution in [1.82, 2.24) is 5.32 Å². The summed E-state index contributed by atoms with van der Waals surface area (Å²) in [5.74, 6) is -2.31. The SMILES string of the molecule is C=CCC(NC(=O)CC1CCN(c2ccc(C(=N)N)cc2)C1=O)C(=O)O. The second kappa shape index (κ2) is 8.28. The van der Waals surface area contributed by atoms with E-state index in [1.807, 2.05) is 0 Å². The predicted molar refractivity (Wildman–Crippen MR) is 96.9 cm³/mol. The highest BCUT2D eigenvalue weighted by Crippen LogP contribution is 2.27. The van der Waals surface area contributed by atoms with Crippen LogP contribution in [0.5, 0.6) is 0 Å². The monoisotopic (exact) mass is 358 g/mol. The fourth-order valence-corrected chi connectivity index (χ4v) is 2.87. The number of carboxylic acids is 1. The molecule has 138 valence electrons. The van der Waals surface area contributed by atoms with Crippen molar-refractivity contribution >= 4 is 29.3 Å². The largest absolute Gasteiger partial charge is 0.480 e. The number of hydrogen-bond acceptors (Lipinski definition) is 4. The maximum absolute atomic E-state index is 12.6. The van der Waals surface area contributed by atoms with Crippen molar-refractivity contribution in [1.29, 1.82) is 5.41 Å². The summed E-state index contributed by atoms with van der Waals surface area (Å²) in [6.45, 7) is 3.95. The van der Waals surface area contributed by atoms with E-state index in [0.29, 0.717) is 24.2 Å². The molecule has 1 aliphatic heterocycles. The van der Waals surface area contributed by atoms with Gasteiger partial charge in [-0.15, -0.1) is 6.58 Å². The number of carbonyl (C=O) groups excluding carboxylic acids is 2. The lowest BCUT2D eigenvalue weighted by Gasteiger charge is -2.18. The summed E-state index contributed by atoms with van der Waals surface area (Å²) in [6.07, 6.45) is 2.00. The van der Waals surface area contributed by atoms with Gasteiger partial charge in [-0.1, -0.05) is 6.08 Å². The summed E-state index contributed by atoms with van der Waals surface area (Å²) >= 11 is 0. The molecule has 0 aromatic heterocycles. The molecule has 0 aliphatic carbocycles. The molecule has 1 aromatic rings.